The summed E-state index contributed by atoms with van der Waals surface area (Å²) in [7, 11) is 0. The average molecular weight is 168 g/mol. The summed E-state index contributed by atoms with van der Waals surface area (Å²) >= 11 is 7.18. The van der Waals surface area contributed by atoms with Crippen molar-refractivity contribution in [1.29, 1.82) is 0 Å². The molecule has 0 fully saturated rings. The van der Waals surface area contributed by atoms with E-state index in [1.807, 2.05) is 0 Å². The second-order valence-electron chi connectivity index (χ2n) is 1.71. The van der Waals surface area contributed by atoms with E-state index in [0.29, 0.717) is 0 Å². The zero-order chi connectivity index (χ0) is 7.65. The van der Waals surface area contributed by atoms with Crippen LogP contribution in [0.3, 0.4) is 0 Å². The summed E-state index contributed by atoms with van der Waals surface area (Å²) in [5.41, 5.74) is 0. The van der Waals surface area contributed by atoms with Crippen molar-refractivity contribution in [3.63, 3.8) is 0 Å². The quantitative estimate of drug-likeness (QED) is 0.347. The molecule has 0 saturated heterocycles. The second-order valence-corrected chi connectivity index (χ2v) is 3.47. The average Bonchev–Trinajstić information content (AvgIpc) is 1.65. The van der Waals surface area contributed by atoms with Gasteiger partial charge in [0.05, 0.1) is 6.10 Å². The maximum atomic E-state index is 10.1. The number of aliphatic hydroxyl groups excluding tert-OH is 1. The Morgan fingerprint density at radius 3 is 2.00 bits per heavy atom. The molecule has 0 bridgehead atoms. The fraction of sp³-hybridized carbons (Fsp3) is 0.750. The molecule has 0 aromatic carbocycles. The summed E-state index contributed by atoms with van der Waals surface area (Å²) in [6, 6.07) is 0. The SMILES string of the molecule is CC(O)C(S)(S)C(=O)O. The van der Waals surface area contributed by atoms with E-state index >= 15 is 0 Å². The van der Waals surface area contributed by atoms with Crippen LogP contribution in [0.4, 0.5) is 0 Å². The molecule has 0 aromatic heterocycles. The van der Waals surface area contributed by atoms with Crippen molar-refractivity contribution < 1.29 is 15.0 Å². The lowest BCUT2D eigenvalue weighted by Gasteiger charge is -2.19. The van der Waals surface area contributed by atoms with Gasteiger partial charge in [0.1, 0.15) is 0 Å². The van der Waals surface area contributed by atoms with Gasteiger partial charge in [-0.1, -0.05) is 0 Å². The third kappa shape index (κ3) is 2.08. The summed E-state index contributed by atoms with van der Waals surface area (Å²) in [5, 5.41) is 17.0. The van der Waals surface area contributed by atoms with Gasteiger partial charge in [0, 0.05) is 0 Å². The molecule has 0 spiro atoms. The monoisotopic (exact) mass is 168 g/mol. The third-order valence-corrected chi connectivity index (χ3v) is 2.03. The molecule has 0 radical (unpaired) electrons. The van der Waals surface area contributed by atoms with E-state index in [-0.39, 0.29) is 0 Å². The van der Waals surface area contributed by atoms with Crippen molar-refractivity contribution in [2.45, 2.75) is 17.1 Å². The molecule has 1 unspecified atom stereocenters. The van der Waals surface area contributed by atoms with Gasteiger partial charge in [-0.15, -0.1) is 25.3 Å². The predicted octanol–water partition coefficient (Wildman–Crippen LogP) is 0.00770. The number of carboxylic acids is 1. The van der Waals surface area contributed by atoms with Gasteiger partial charge in [-0.25, -0.2) is 4.79 Å². The highest BCUT2D eigenvalue weighted by Crippen LogP contribution is 2.23. The van der Waals surface area contributed by atoms with Crippen LogP contribution in [0.25, 0.3) is 0 Å². The fourth-order valence-electron chi connectivity index (χ4n) is 0.179. The molecular weight excluding hydrogens is 160 g/mol. The van der Waals surface area contributed by atoms with Crippen LogP contribution in [0, 0.1) is 0 Å². The highest BCUT2D eigenvalue weighted by molar-refractivity contribution is 8.02. The molecule has 0 amide bonds. The van der Waals surface area contributed by atoms with Crippen molar-refractivity contribution in [3.05, 3.63) is 0 Å². The van der Waals surface area contributed by atoms with Crippen LogP contribution in [0.15, 0.2) is 0 Å². The molecule has 1 atom stereocenters. The van der Waals surface area contributed by atoms with Crippen LogP contribution in [0.5, 0.6) is 0 Å². The maximum Gasteiger partial charge on any atom is 0.332 e. The van der Waals surface area contributed by atoms with Crippen molar-refractivity contribution >= 4 is 31.2 Å². The van der Waals surface area contributed by atoms with Gasteiger partial charge >= 0.3 is 5.97 Å². The highest BCUT2D eigenvalue weighted by atomic mass is 32.2. The first-order valence-corrected chi connectivity index (χ1v) is 3.14. The molecule has 0 aliphatic rings. The summed E-state index contributed by atoms with van der Waals surface area (Å²) < 4.78 is -1.64. The Bertz CT molecular complexity index is 121. The molecule has 0 heterocycles. The van der Waals surface area contributed by atoms with Crippen molar-refractivity contribution in [2.24, 2.45) is 0 Å². The topological polar surface area (TPSA) is 57.5 Å². The summed E-state index contributed by atoms with van der Waals surface area (Å²) in [4.78, 5) is 10.1. The van der Waals surface area contributed by atoms with Crippen molar-refractivity contribution in [1.82, 2.24) is 0 Å². The smallest absolute Gasteiger partial charge is 0.332 e. The van der Waals surface area contributed by atoms with Crippen LogP contribution in [0.2, 0.25) is 0 Å². The number of thiol groups is 2. The molecule has 0 aliphatic heterocycles. The Labute approximate surface area is 63.9 Å². The highest BCUT2D eigenvalue weighted by Gasteiger charge is 2.35. The zero-order valence-corrected chi connectivity index (χ0v) is 6.56. The van der Waals surface area contributed by atoms with Crippen molar-refractivity contribution in [3.8, 4) is 0 Å². The van der Waals surface area contributed by atoms with Crippen LogP contribution in [0.1, 0.15) is 6.92 Å². The van der Waals surface area contributed by atoms with Gasteiger partial charge in [-0.3, -0.25) is 0 Å². The molecule has 2 N–H and O–H groups in total. The lowest BCUT2D eigenvalue weighted by molar-refractivity contribution is -0.139. The standard InChI is InChI=1S/C4H8O3S2/c1-2(5)4(8,9)3(6)7/h2,5,8-9H,1H3,(H,6,7). The fourth-order valence-corrected chi connectivity index (χ4v) is 0.179. The normalized spacial score (nSPS) is 15.1. The van der Waals surface area contributed by atoms with Gasteiger partial charge < -0.3 is 10.2 Å². The Morgan fingerprint density at radius 1 is 1.67 bits per heavy atom. The van der Waals surface area contributed by atoms with E-state index in [1.54, 1.807) is 0 Å². The van der Waals surface area contributed by atoms with Crippen LogP contribution < -0.4 is 0 Å². The minimum atomic E-state index is -1.64. The molecule has 9 heavy (non-hydrogen) atoms. The first-order valence-electron chi connectivity index (χ1n) is 2.25. The minimum Gasteiger partial charge on any atom is -0.480 e. The van der Waals surface area contributed by atoms with Gasteiger partial charge in [0.2, 0.25) is 0 Å². The molecule has 0 rings (SSSR count). The van der Waals surface area contributed by atoms with Gasteiger partial charge in [-0.2, -0.15) is 0 Å². The zero-order valence-electron chi connectivity index (χ0n) is 4.77. The predicted molar refractivity (Wildman–Crippen MR) is 40.0 cm³/mol. The Morgan fingerprint density at radius 2 is 2.00 bits per heavy atom. The molecule has 0 aromatic rings. The summed E-state index contributed by atoms with van der Waals surface area (Å²) in [5.74, 6) is -1.25. The lowest BCUT2D eigenvalue weighted by Crippen LogP contribution is -2.37. The summed E-state index contributed by atoms with van der Waals surface area (Å²) in [6.07, 6.45) is -1.08. The maximum absolute atomic E-state index is 10.1. The van der Waals surface area contributed by atoms with Crippen LogP contribution >= 0.6 is 25.3 Å². The molecule has 54 valence electrons. The van der Waals surface area contributed by atoms with E-state index in [0.717, 1.165) is 0 Å². The van der Waals surface area contributed by atoms with Gasteiger partial charge in [0.25, 0.3) is 0 Å². The summed E-state index contributed by atoms with van der Waals surface area (Å²) in [6.45, 7) is 1.31. The van der Waals surface area contributed by atoms with Crippen LogP contribution in [-0.4, -0.2) is 26.4 Å². The number of carboxylic acid groups (broad SMARTS) is 1. The van der Waals surface area contributed by atoms with Crippen LogP contribution in [-0.2, 0) is 4.79 Å². The number of aliphatic hydroxyl groups is 1. The number of hydrogen-bond donors (Lipinski definition) is 4. The van der Waals surface area contributed by atoms with Gasteiger partial charge in [0.15, 0.2) is 4.08 Å². The third-order valence-electron chi connectivity index (χ3n) is 0.897. The van der Waals surface area contributed by atoms with Gasteiger partial charge in [-0.05, 0) is 6.92 Å². The molecular formula is C4H8O3S2. The number of hydrogen-bond acceptors (Lipinski definition) is 4. The second kappa shape index (κ2) is 2.81. The molecule has 0 aliphatic carbocycles. The lowest BCUT2D eigenvalue weighted by atomic mass is 10.3. The van der Waals surface area contributed by atoms with Crippen molar-refractivity contribution in [2.75, 3.05) is 0 Å². The van der Waals surface area contributed by atoms with E-state index in [9.17, 15) is 4.79 Å². The molecule has 0 saturated carbocycles. The largest absolute Gasteiger partial charge is 0.480 e. The first-order chi connectivity index (χ1) is 3.89. The van der Waals surface area contributed by atoms with E-state index in [2.05, 4.69) is 25.3 Å². The Hall–Kier alpha value is 0.130. The molecule has 3 nitrogen and oxygen atoms in total. The van der Waals surface area contributed by atoms with E-state index in [1.165, 1.54) is 6.92 Å². The van der Waals surface area contributed by atoms with E-state index in [4.69, 9.17) is 10.2 Å². The minimum absolute atomic E-state index is 1.08. The number of rotatable bonds is 2. The first kappa shape index (κ1) is 9.13. The number of carbonyl (C=O) groups is 1. The Balaban J connectivity index is 4.19. The molecule has 5 heteroatoms. The Kier molecular flexibility index (Phi) is 2.85. The number of aliphatic carboxylic acids is 1. The van der Waals surface area contributed by atoms with E-state index < -0.39 is 16.2 Å².